The molecule has 6 nitrogen and oxygen atoms in total. The van der Waals surface area contributed by atoms with Gasteiger partial charge in [0.15, 0.2) is 5.69 Å². The Balaban J connectivity index is 1.84. The normalized spacial score (nSPS) is 11.1. The topological polar surface area (TPSA) is 76.3 Å². The number of carbonyl (C=O) groups is 1. The average Bonchev–Trinajstić information content (AvgIpc) is 2.65. The smallest absolute Gasteiger partial charge is 0.267 e. The third kappa shape index (κ3) is 3.61. The summed E-state index contributed by atoms with van der Waals surface area (Å²) in [7, 11) is 1.52. The Morgan fingerprint density at radius 3 is 2.52 bits per heavy atom. The van der Waals surface area contributed by atoms with Crippen molar-refractivity contribution in [3.8, 4) is 0 Å². The monoisotopic (exact) mass is 352 g/mol. The van der Waals surface area contributed by atoms with Gasteiger partial charge in [-0.25, -0.2) is 10.1 Å². The van der Waals surface area contributed by atoms with Crippen molar-refractivity contribution in [2.75, 3.05) is 6.26 Å². The zero-order valence-corrected chi connectivity index (χ0v) is 14.6. The lowest BCUT2D eigenvalue weighted by molar-refractivity contribution is 0.0950. The number of benzene rings is 2. The molecule has 3 rings (SSSR count). The van der Waals surface area contributed by atoms with Crippen LogP contribution in [0.1, 0.15) is 16.1 Å². The third-order valence-corrected chi connectivity index (χ3v) is 4.41. The minimum atomic E-state index is -0.469. The molecule has 126 valence electrons. The van der Waals surface area contributed by atoms with Gasteiger partial charge in [-0.2, -0.15) is 10.2 Å². The number of nitrogens with one attached hydrogen (secondary N) is 1. The van der Waals surface area contributed by atoms with Crippen molar-refractivity contribution in [3.05, 3.63) is 70.1 Å². The third-order valence-electron chi connectivity index (χ3n) is 3.67. The van der Waals surface area contributed by atoms with E-state index in [4.69, 9.17) is 0 Å². The molecule has 0 bridgehead atoms. The number of fused-ring (bicyclic) bond motifs is 1. The van der Waals surface area contributed by atoms with Crippen LogP contribution in [0.4, 0.5) is 0 Å². The van der Waals surface area contributed by atoms with E-state index in [2.05, 4.69) is 15.6 Å². The van der Waals surface area contributed by atoms with E-state index in [1.54, 1.807) is 42.2 Å². The van der Waals surface area contributed by atoms with Crippen molar-refractivity contribution < 1.29 is 4.79 Å². The predicted molar refractivity (Wildman–Crippen MR) is 100 cm³/mol. The molecule has 0 atom stereocenters. The van der Waals surface area contributed by atoms with Gasteiger partial charge in [-0.05, 0) is 30.0 Å². The number of carbonyl (C=O) groups excluding carboxylic acids is 1. The fourth-order valence-corrected chi connectivity index (χ4v) is 2.78. The van der Waals surface area contributed by atoms with Gasteiger partial charge >= 0.3 is 0 Å². The first kappa shape index (κ1) is 16.9. The first-order valence-electron chi connectivity index (χ1n) is 7.53. The number of aromatic nitrogens is 2. The first-order chi connectivity index (χ1) is 12.1. The highest BCUT2D eigenvalue weighted by Gasteiger charge is 2.14. The summed E-state index contributed by atoms with van der Waals surface area (Å²) in [4.78, 5) is 25.7. The first-order valence-corrected chi connectivity index (χ1v) is 8.76. The molecule has 0 fully saturated rings. The summed E-state index contributed by atoms with van der Waals surface area (Å²) in [5.74, 6) is -0.469. The van der Waals surface area contributed by atoms with Gasteiger partial charge in [0.05, 0.1) is 11.6 Å². The highest BCUT2D eigenvalue weighted by molar-refractivity contribution is 7.98. The van der Waals surface area contributed by atoms with Crippen LogP contribution >= 0.6 is 11.8 Å². The van der Waals surface area contributed by atoms with Crippen LogP contribution in [0.3, 0.4) is 0 Å². The maximum absolute atomic E-state index is 12.4. The largest absolute Gasteiger partial charge is 0.292 e. The van der Waals surface area contributed by atoms with Gasteiger partial charge < -0.3 is 0 Å². The maximum Gasteiger partial charge on any atom is 0.292 e. The molecule has 0 radical (unpaired) electrons. The van der Waals surface area contributed by atoms with Crippen LogP contribution < -0.4 is 11.0 Å². The SMILES string of the molecule is CSc1ccc(/C=N\NC(=O)c2nn(C)c(=O)c3ccccc23)cc1. The molecule has 1 heterocycles. The lowest BCUT2D eigenvalue weighted by atomic mass is 10.1. The van der Waals surface area contributed by atoms with Crippen molar-refractivity contribution in [1.29, 1.82) is 0 Å². The summed E-state index contributed by atoms with van der Waals surface area (Å²) in [6.07, 6.45) is 3.57. The van der Waals surface area contributed by atoms with Crippen LogP contribution in [-0.2, 0) is 7.05 Å². The van der Waals surface area contributed by atoms with E-state index in [1.165, 1.54) is 7.05 Å². The van der Waals surface area contributed by atoms with Crippen molar-refractivity contribution in [2.45, 2.75) is 4.90 Å². The van der Waals surface area contributed by atoms with Gasteiger partial charge in [0.25, 0.3) is 11.5 Å². The van der Waals surface area contributed by atoms with Gasteiger partial charge in [0.2, 0.25) is 0 Å². The lowest BCUT2D eigenvalue weighted by Crippen LogP contribution is -2.27. The minimum absolute atomic E-state index is 0.160. The molecule has 0 spiro atoms. The highest BCUT2D eigenvalue weighted by Crippen LogP contribution is 2.14. The fraction of sp³-hybridized carbons (Fsp3) is 0.111. The molecule has 0 saturated carbocycles. The maximum atomic E-state index is 12.4. The molecule has 2 aromatic carbocycles. The molecule has 0 unspecified atom stereocenters. The molecule has 25 heavy (non-hydrogen) atoms. The zero-order valence-electron chi connectivity index (χ0n) is 13.8. The van der Waals surface area contributed by atoms with Crippen molar-refractivity contribution in [2.24, 2.45) is 12.1 Å². The standard InChI is InChI=1S/C18H16N4O2S/c1-22-18(24)15-6-4-3-5-14(15)16(21-22)17(23)20-19-11-12-7-9-13(25-2)10-8-12/h3-11H,1-2H3,(H,20,23)/b19-11-. The molecule has 1 amide bonds. The predicted octanol–water partition coefficient (Wildman–Crippen LogP) is 2.42. The van der Waals surface area contributed by atoms with E-state index in [0.29, 0.717) is 10.8 Å². The highest BCUT2D eigenvalue weighted by atomic mass is 32.2. The Labute approximate surface area is 148 Å². The molecule has 7 heteroatoms. The molecule has 1 aromatic heterocycles. The Bertz CT molecular complexity index is 1010. The zero-order chi connectivity index (χ0) is 17.8. The van der Waals surface area contributed by atoms with E-state index in [1.807, 2.05) is 30.5 Å². The molecule has 0 aliphatic carbocycles. The molecular weight excluding hydrogens is 336 g/mol. The summed E-state index contributed by atoms with van der Waals surface area (Å²) >= 11 is 1.66. The van der Waals surface area contributed by atoms with Gasteiger partial charge in [-0.15, -0.1) is 11.8 Å². The summed E-state index contributed by atoms with van der Waals surface area (Å²) in [6, 6.07) is 14.7. The molecular formula is C18H16N4O2S. The Morgan fingerprint density at radius 2 is 1.84 bits per heavy atom. The second-order valence-electron chi connectivity index (χ2n) is 5.30. The number of thioether (sulfide) groups is 1. The van der Waals surface area contributed by atoms with Gasteiger partial charge in [-0.3, -0.25) is 9.59 Å². The fourth-order valence-electron chi connectivity index (χ4n) is 2.38. The average molecular weight is 352 g/mol. The number of amides is 1. The number of hydrogen-bond acceptors (Lipinski definition) is 5. The Hall–Kier alpha value is -2.93. The summed E-state index contributed by atoms with van der Waals surface area (Å²) in [6.45, 7) is 0. The number of hydrogen-bond donors (Lipinski definition) is 1. The summed E-state index contributed by atoms with van der Waals surface area (Å²) in [5, 5.41) is 8.99. The van der Waals surface area contributed by atoms with E-state index in [9.17, 15) is 9.59 Å². The summed E-state index contributed by atoms with van der Waals surface area (Å²) < 4.78 is 1.15. The van der Waals surface area contributed by atoms with E-state index < -0.39 is 5.91 Å². The van der Waals surface area contributed by atoms with Crippen LogP contribution in [0.15, 0.2) is 63.3 Å². The van der Waals surface area contributed by atoms with Crippen LogP contribution in [0.5, 0.6) is 0 Å². The quantitative estimate of drug-likeness (QED) is 0.444. The molecule has 3 aromatic rings. The lowest BCUT2D eigenvalue weighted by Gasteiger charge is -2.06. The van der Waals surface area contributed by atoms with Crippen LogP contribution in [0, 0.1) is 0 Å². The molecule has 1 N–H and O–H groups in total. The van der Waals surface area contributed by atoms with E-state index in [-0.39, 0.29) is 11.3 Å². The van der Waals surface area contributed by atoms with E-state index in [0.717, 1.165) is 15.1 Å². The second kappa shape index (κ2) is 7.31. The van der Waals surface area contributed by atoms with Gasteiger partial charge in [0, 0.05) is 17.3 Å². The van der Waals surface area contributed by atoms with Crippen molar-refractivity contribution in [3.63, 3.8) is 0 Å². The molecule has 0 saturated heterocycles. The van der Waals surface area contributed by atoms with E-state index >= 15 is 0 Å². The van der Waals surface area contributed by atoms with Crippen LogP contribution in [0.25, 0.3) is 10.8 Å². The van der Waals surface area contributed by atoms with Gasteiger partial charge in [0.1, 0.15) is 0 Å². The van der Waals surface area contributed by atoms with Crippen molar-refractivity contribution >= 4 is 34.7 Å². The van der Waals surface area contributed by atoms with Crippen LogP contribution in [0.2, 0.25) is 0 Å². The number of hydrazone groups is 1. The number of rotatable bonds is 4. The Morgan fingerprint density at radius 1 is 1.16 bits per heavy atom. The van der Waals surface area contributed by atoms with Crippen LogP contribution in [-0.4, -0.2) is 28.2 Å². The van der Waals surface area contributed by atoms with Gasteiger partial charge in [-0.1, -0.05) is 30.3 Å². The van der Waals surface area contributed by atoms with Crippen molar-refractivity contribution in [1.82, 2.24) is 15.2 Å². The number of aryl methyl sites for hydroxylation is 1. The number of nitrogens with zero attached hydrogens (tertiary/aromatic N) is 3. The minimum Gasteiger partial charge on any atom is -0.267 e. The Kier molecular flexibility index (Phi) is 4.95. The molecule has 0 aliphatic heterocycles. The second-order valence-corrected chi connectivity index (χ2v) is 6.17. The summed E-state index contributed by atoms with van der Waals surface area (Å²) in [5.41, 5.74) is 3.25. The molecule has 0 aliphatic rings.